The Morgan fingerprint density at radius 2 is 2.24 bits per heavy atom. The van der Waals surface area contributed by atoms with Gasteiger partial charge in [-0.25, -0.2) is 23.7 Å². The average Bonchev–Trinajstić information content (AvgIpc) is 3.20. The summed E-state index contributed by atoms with van der Waals surface area (Å²) in [6.45, 7) is 1.67. The Kier molecular flexibility index (Phi) is 6.63. The summed E-state index contributed by atoms with van der Waals surface area (Å²) in [5, 5.41) is 7.14. The summed E-state index contributed by atoms with van der Waals surface area (Å²) in [5.41, 5.74) is 5.74. The Balaban J connectivity index is 1.70. The SMILES string of the molecule is N=C(/C=C\c1ncc(-c2cc(N3CCCC(CCC(N)=O)C3)ncn2)[nH]1)C(F)F. The number of aromatic amines is 1. The minimum Gasteiger partial charge on any atom is -0.370 e. The van der Waals surface area contributed by atoms with Crippen LogP contribution in [0.5, 0.6) is 0 Å². The van der Waals surface area contributed by atoms with Gasteiger partial charge in [-0.2, -0.15) is 0 Å². The number of hydrogen-bond donors (Lipinski definition) is 3. The first-order chi connectivity index (χ1) is 13.9. The molecule has 0 spiro atoms. The van der Waals surface area contributed by atoms with E-state index in [2.05, 4.69) is 24.8 Å². The van der Waals surface area contributed by atoms with Gasteiger partial charge in [0.1, 0.15) is 18.0 Å². The van der Waals surface area contributed by atoms with Crippen LogP contribution >= 0.6 is 0 Å². The Hall–Kier alpha value is -3.17. The van der Waals surface area contributed by atoms with E-state index >= 15 is 0 Å². The molecule has 1 saturated heterocycles. The molecule has 1 aliphatic rings. The molecule has 0 radical (unpaired) electrons. The van der Waals surface area contributed by atoms with Crippen LogP contribution in [-0.2, 0) is 4.79 Å². The highest BCUT2D eigenvalue weighted by Gasteiger charge is 2.22. The Labute approximate surface area is 166 Å². The van der Waals surface area contributed by atoms with Gasteiger partial charge in [-0.3, -0.25) is 10.2 Å². The number of H-pyrrole nitrogens is 1. The van der Waals surface area contributed by atoms with Crippen LogP contribution in [0.1, 0.15) is 31.5 Å². The van der Waals surface area contributed by atoms with Crippen LogP contribution in [0.25, 0.3) is 17.5 Å². The minimum absolute atomic E-state index is 0.278. The first-order valence-electron chi connectivity index (χ1n) is 9.37. The fourth-order valence-electron chi connectivity index (χ4n) is 3.32. The summed E-state index contributed by atoms with van der Waals surface area (Å²) in [5.74, 6) is 1.25. The molecular formula is C19H23F2N7O. The molecule has 29 heavy (non-hydrogen) atoms. The molecule has 0 aliphatic carbocycles. The predicted molar refractivity (Wildman–Crippen MR) is 106 cm³/mol. The van der Waals surface area contributed by atoms with Crippen LogP contribution < -0.4 is 10.6 Å². The van der Waals surface area contributed by atoms with Gasteiger partial charge in [-0.05, 0) is 37.3 Å². The van der Waals surface area contributed by atoms with Crippen molar-refractivity contribution in [1.29, 1.82) is 5.41 Å². The fourth-order valence-corrected chi connectivity index (χ4v) is 3.32. The van der Waals surface area contributed by atoms with Crippen molar-refractivity contribution in [2.24, 2.45) is 11.7 Å². The van der Waals surface area contributed by atoms with E-state index in [0.717, 1.165) is 44.2 Å². The normalized spacial score (nSPS) is 17.2. The van der Waals surface area contributed by atoms with Gasteiger partial charge < -0.3 is 15.6 Å². The lowest BCUT2D eigenvalue weighted by Gasteiger charge is -2.33. The molecule has 0 aromatic carbocycles. The number of aromatic nitrogens is 4. The van der Waals surface area contributed by atoms with Gasteiger partial charge in [0.25, 0.3) is 6.43 Å². The summed E-state index contributed by atoms with van der Waals surface area (Å²) in [4.78, 5) is 29.0. The van der Waals surface area contributed by atoms with Crippen molar-refractivity contribution < 1.29 is 13.6 Å². The molecule has 1 fully saturated rings. The molecule has 1 aliphatic heterocycles. The number of amides is 1. The number of nitrogens with two attached hydrogens (primary N) is 1. The molecule has 1 atom stereocenters. The fraction of sp³-hybridized carbons (Fsp3) is 0.421. The minimum atomic E-state index is -2.82. The largest absolute Gasteiger partial charge is 0.370 e. The summed E-state index contributed by atoms with van der Waals surface area (Å²) in [7, 11) is 0. The van der Waals surface area contributed by atoms with Crippen LogP contribution in [-0.4, -0.2) is 51.1 Å². The zero-order chi connectivity index (χ0) is 20.8. The van der Waals surface area contributed by atoms with Gasteiger partial charge in [-0.15, -0.1) is 0 Å². The van der Waals surface area contributed by atoms with Gasteiger partial charge in [0.2, 0.25) is 5.91 Å². The molecule has 0 saturated carbocycles. The van der Waals surface area contributed by atoms with E-state index in [-0.39, 0.29) is 5.91 Å². The van der Waals surface area contributed by atoms with E-state index < -0.39 is 12.1 Å². The summed E-state index contributed by atoms with van der Waals surface area (Å²) in [6.07, 6.45) is 5.79. The molecule has 154 valence electrons. The Morgan fingerprint density at radius 3 is 3.00 bits per heavy atom. The number of allylic oxidation sites excluding steroid dienone is 1. The van der Waals surface area contributed by atoms with Crippen molar-refractivity contribution >= 4 is 23.5 Å². The highest BCUT2D eigenvalue weighted by molar-refractivity contribution is 5.97. The second kappa shape index (κ2) is 9.35. The molecule has 1 unspecified atom stereocenters. The van der Waals surface area contributed by atoms with Crippen molar-refractivity contribution in [1.82, 2.24) is 19.9 Å². The number of rotatable bonds is 8. The molecule has 1 amide bonds. The van der Waals surface area contributed by atoms with Crippen molar-refractivity contribution in [3.05, 3.63) is 30.5 Å². The summed E-state index contributed by atoms with van der Waals surface area (Å²) < 4.78 is 24.8. The third kappa shape index (κ3) is 5.66. The standard InChI is InChI=1S/C19H23F2N7O/c20-19(21)13(22)4-6-17-24-9-15(27-17)14-8-18(26-11-25-14)28-7-1-2-12(10-28)3-5-16(23)29/h4,6,8-9,11-12,19,22H,1-3,5,7,10H2,(H2,23,29)(H,24,27)/b6-4-,22-13?. The zero-order valence-corrected chi connectivity index (χ0v) is 15.8. The van der Waals surface area contributed by atoms with Crippen LogP contribution in [0, 0.1) is 11.3 Å². The maximum absolute atomic E-state index is 12.4. The number of nitrogens with zero attached hydrogens (tertiary/aromatic N) is 4. The molecule has 3 heterocycles. The van der Waals surface area contributed by atoms with E-state index in [9.17, 15) is 13.6 Å². The lowest BCUT2D eigenvalue weighted by atomic mass is 9.93. The number of piperidine rings is 1. The lowest BCUT2D eigenvalue weighted by Crippen LogP contribution is -2.36. The summed E-state index contributed by atoms with van der Waals surface area (Å²) in [6, 6.07) is 1.85. The number of carbonyl (C=O) groups is 1. The maximum atomic E-state index is 12.4. The van der Waals surface area contributed by atoms with E-state index in [1.54, 1.807) is 6.20 Å². The van der Waals surface area contributed by atoms with Crippen molar-refractivity contribution in [3.8, 4) is 11.4 Å². The first-order valence-corrected chi connectivity index (χ1v) is 9.37. The molecule has 2 aromatic heterocycles. The van der Waals surface area contributed by atoms with Gasteiger partial charge in [0, 0.05) is 25.6 Å². The van der Waals surface area contributed by atoms with Crippen molar-refractivity contribution in [2.75, 3.05) is 18.0 Å². The lowest BCUT2D eigenvalue weighted by molar-refractivity contribution is -0.118. The number of anilines is 1. The topological polar surface area (TPSA) is 125 Å². The third-order valence-corrected chi connectivity index (χ3v) is 4.82. The van der Waals surface area contributed by atoms with E-state index in [4.69, 9.17) is 11.1 Å². The average molecular weight is 403 g/mol. The Bertz CT molecular complexity index is 896. The van der Waals surface area contributed by atoms with E-state index in [1.807, 2.05) is 6.07 Å². The predicted octanol–water partition coefficient (Wildman–Crippen LogP) is 2.65. The smallest absolute Gasteiger partial charge is 0.279 e. The van der Waals surface area contributed by atoms with Gasteiger partial charge in [-0.1, -0.05) is 0 Å². The van der Waals surface area contributed by atoms with Crippen molar-refractivity contribution in [3.63, 3.8) is 0 Å². The first kappa shape index (κ1) is 20.6. The number of imidazole rings is 1. The van der Waals surface area contributed by atoms with E-state index in [1.165, 1.54) is 12.4 Å². The van der Waals surface area contributed by atoms with Gasteiger partial charge in [0.05, 0.1) is 23.3 Å². The van der Waals surface area contributed by atoms with Crippen LogP contribution in [0.15, 0.2) is 24.7 Å². The molecule has 0 bridgehead atoms. The molecule has 3 rings (SSSR count). The second-order valence-corrected chi connectivity index (χ2v) is 6.99. The molecule has 4 N–H and O–H groups in total. The second-order valence-electron chi connectivity index (χ2n) is 6.99. The van der Waals surface area contributed by atoms with Gasteiger partial charge >= 0.3 is 0 Å². The number of hydrogen-bond acceptors (Lipinski definition) is 6. The Morgan fingerprint density at radius 1 is 1.41 bits per heavy atom. The molecule has 8 nitrogen and oxygen atoms in total. The number of carbonyl (C=O) groups excluding carboxylic acids is 1. The van der Waals surface area contributed by atoms with Crippen LogP contribution in [0.4, 0.5) is 14.6 Å². The summed E-state index contributed by atoms with van der Waals surface area (Å²) >= 11 is 0. The zero-order valence-electron chi connectivity index (χ0n) is 15.8. The number of alkyl halides is 2. The van der Waals surface area contributed by atoms with Crippen molar-refractivity contribution in [2.45, 2.75) is 32.1 Å². The third-order valence-electron chi connectivity index (χ3n) is 4.82. The number of halogens is 2. The van der Waals surface area contributed by atoms with Crippen LogP contribution in [0.3, 0.4) is 0 Å². The highest BCUT2D eigenvalue weighted by atomic mass is 19.3. The molecule has 2 aromatic rings. The molecule has 10 heteroatoms. The van der Waals surface area contributed by atoms with E-state index in [0.29, 0.717) is 29.6 Å². The quantitative estimate of drug-likeness (QED) is 0.585. The maximum Gasteiger partial charge on any atom is 0.279 e. The van der Waals surface area contributed by atoms with Gasteiger partial charge in [0.15, 0.2) is 0 Å². The monoisotopic (exact) mass is 403 g/mol. The van der Waals surface area contributed by atoms with Crippen LogP contribution in [0.2, 0.25) is 0 Å². The number of primary amides is 1. The number of nitrogens with one attached hydrogen (secondary N) is 2. The highest BCUT2D eigenvalue weighted by Crippen LogP contribution is 2.26. The molecular weight excluding hydrogens is 380 g/mol.